The highest BCUT2D eigenvalue weighted by atomic mass is 79.9. The van der Waals surface area contributed by atoms with E-state index in [2.05, 4.69) is 26.1 Å². The molecule has 0 fully saturated rings. The fraction of sp³-hybridized carbons (Fsp3) is 0.105. The predicted molar refractivity (Wildman–Crippen MR) is 103 cm³/mol. The summed E-state index contributed by atoms with van der Waals surface area (Å²) in [4.78, 5) is 18.6. The lowest BCUT2D eigenvalue weighted by Gasteiger charge is -2.11. The minimum atomic E-state index is -0.516. The highest BCUT2D eigenvalue weighted by Gasteiger charge is 2.16. The van der Waals surface area contributed by atoms with Crippen LogP contribution in [-0.4, -0.2) is 24.2 Å². The van der Waals surface area contributed by atoms with Crippen LogP contribution in [0, 0.1) is 0 Å². The normalized spacial score (nSPS) is 11.0. The molecule has 26 heavy (non-hydrogen) atoms. The van der Waals surface area contributed by atoms with Gasteiger partial charge in [-0.05, 0) is 48.5 Å². The van der Waals surface area contributed by atoms with Gasteiger partial charge in [0.1, 0.15) is 11.1 Å². The Balaban J connectivity index is 1.75. The van der Waals surface area contributed by atoms with E-state index < -0.39 is 5.63 Å². The van der Waals surface area contributed by atoms with Crippen LogP contribution in [0.15, 0.2) is 66.7 Å². The zero-order valence-electron chi connectivity index (χ0n) is 14.1. The number of fused-ring (bicyclic) bond motifs is 1. The summed E-state index contributed by atoms with van der Waals surface area (Å²) >= 11 is 3.41. The van der Waals surface area contributed by atoms with Crippen LogP contribution in [-0.2, 0) is 0 Å². The number of anilines is 1. The summed E-state index contributed by atoms with van der Waals surface area (Å²) in [7, 11) is 3.94. The van der Waals surface area contributed by atoms with Crippen molar-refractivity contribution in [3.05, 3.63) is 63.4 Å². The van der Waals surface area contributed by atoms with Crippen LogP contribution < -0.4 is 10.5 Å². The summed E-state index contributed by atoms with van der Waals surface area (Å²) in [6, 6.07) is 14.8. The minimum Gasteiger partial charge on any atom is -0.422 e. The molecule has 2 aromatic heterocycles. The molecule has 0 radical (unpaired) electrons. The summed E-state index contributed by atoms with van der Waals surface area (Å²) in [5.41, 5.74) is 2.09. The van der Waals surface area contributed by atoms with Crippen LogP contribution in [0.25, 0.3) is 33.8 Å². The summed E-state index contributed by atoms with van der Waals surface area (Å²) < 4.78 is 11.5. The summed E-state index contributed by atoms with van der Waals surface area (Å²) in [6.07, 6.45) is 0. The standard InChI is InChI=1S/C19H14BrN3O3/c1-23(2)14-6-3-11(4-7-14)17-21-18(26-22-17)15-10-12-9-13(20)5-8-16(12)25-19(15)24/h3-10H,1-2H3. The molecule has 2 aromatic carbocycles. The number of rotatable bonds is 3. The molecule has 0 bridgehead atoms. The van der Waals surface area contributed by atoms with Gasteiger partial charge >= 0.3 is 5.63 Å². The Morgan fingerprint density at radius 2 is 1.81 bits per heavy atom. The van der Waals surface area contributed by atoms with Crippen LogP contribution in [0.2, 0.25) is 0 Å². The number of hydrogen-bond donors (Lipinski definition) is 0. The van der Waals surface area contributed by atoms with Crippen molar-refractivity contribution in [2.24, 2.45) is 0 Å². The molecule has 4 aromatic rings. The molecule has 0 unspecified atom stereocenters. The van der Waals surface area contributed by atoms with E-state index in [1.54, 1.807) is 12.1 Å². The maximum atomic E-state index is 12.3. The van der Waals surface area contributed by atoms with E-state index in [0.717, 1.165) is 21.1 Å². The maximum Gasteiger partial charge on any atom is 0.349 e. The van der Waals surface area contributed by atoms with Gasteiger partial charge in [-0.15, -0.1) is 0 Å². The molecule has 130 valence electrons. The second-order valence-corrected chi connectivity index (χ2v) is 6.91. The van der Waals surface area contributed by atoms with Crippen LogP contribution in [0.5, 0.6) is 0 Å². The van der Waals surface area contributed by atoms with Gasteiger partial charge in [-0.3, -0.25) is 0 Å². The molecule has 0 N–H and O–H groups in total. The molecule has 0 amide bonds. The van der Waals surface area contributed by atoms with E-state index in [9.17, 15) is 4.79 Å². The Hall–Kier alpha value is -2.93. The van der Waals surface area contributed by atoms with Crippen LogP contribution in [0.4, 0.5) is 5.69 Å². The predicted octanol–water partition coefficient (Wildman–Crippen LogP) is 4.34. The van der Waals surface area contributed by atoms with Crippen LogP contribution in [0.3, 0.4) is 0 Å². The molecule has 0 aliphatic carbocycles. The SMILES string of the molecule is CN(C)c1ccc(-c2noc(-c3cc4cc(Br)ccc4oc3=O)n2)cc1. The third-order valence-corrected chi connectivity index (χ3v) is 4.49. The Labute approximate surface area is 157 Å². The second kappa shape index (κ2) is 6.42. The van der Waals surface area contributed by atoms with Crippen molar-refractivity contribution >= 4 is 32.6 Å². The summed E-state index contributed by atoms with van der Waals surface area (Å²) in [6.45, 7) is 0. The monoisotopic (exact) mass is 411 g/mol. The zero-order chi connectivity index (χ0) is 18.3. The van der Waals surface area contributed by atoms with Gasteiger partial charge in [-0.2, -0.15) is 4.98 Å². The van der Waals surface area contributed by atoms with Crippen molar-refractivity contribution in [3.8, 4) is 22.8 Å². The van der Waals surface area contributed by atoms with Gasteiger partial charge in [0.05, 0.1) is 0 Å². The average molecular weight is 412 g/mol. The molecular formula is C19H14BrN3O3. The second-order valence-electron chi connectivity index (χ2n) is 5.99. The molecule has 0 spiro atoms. The van der Waals surface area contributed by atoms with Crippen molar-refractivity contribution in [2.45, 2.75) is 0 Å². The molecule has 0 saturated heterocycles. The van der Waals surface area contributed by atoms with Gasteiger partial charge in [0.2, 0.25) is 5.82 Å². The largest absolute Gasteiger partial charge is 0.422 e. The Morgan fingerprint density at radius 1 is 1.04 bits per heavy atom. The van der Waals surface area contributed by atoms with E-state index >= 15 is 0 Å². The van der Waals surface area contributed by atoms with Gasteiger partial charge in [-0.1, -0.05) is 21.1 Å². The van der Waals surface area contributed by atoms with E-state index in [1.807, 2.05) is 55.4 Å². The molecule has 7 heteroatoms. The van der Waals surface area contributed by atoms with Crippen molar-refractivity contribution in [1.82, 2.24) is 10.1 Å². The molecule has 0 aliphatic heterocycles. The number of aromatic nitrogens is 2. The first kappa shape index (κ1) is 16.5. The van der Waals surface area contributed by atoms with Gasteiger partial charge in [0.25, 0.3) is 5.89 Å². The highest BCUT2D eigenvalue weighted by Crippen LogP contribution is 2.25. The smallest absolute Gasteiger partial charge is 0.349 e. The van der Waals surface area contributed by atoms with E-state index in [0.29, 0.717) is 11.4 Å². The first-order valence-electron chi connectivity index (χ1n) is 7.86. The average Bonchev–Trinajstić information content (AvgIpc) is 3.11. The lowest BCUT2D eigenvalue weighted by molar-refractivity contribution is 0.429. The topological polar surface area (TPSA) is 72.4 Å². The number of nitrogens with zero attached hydrogens (tertiary/aromatic N) is 3. The molecule has 2 heterocycles. The molecule has 0 aliphatic rings. The van der Waals surface area contributed by atoms with Crippen molar-refractivity contribution in [3.63, 3.8) is 0 Å². The van der Waals surface area contributed by atoms with E-state index in [4.69, 9.17) is 8.94 Å². The quantitative estimate of drug-likeness (QED) is 0.467. The Morgan fingerprint density at radius 3 is 2.54 bits per heavy atom. The Kier molecular flexibility index (Phi) is 4.08. The molecule has 0 saturated carbocycles. The summed E-state index contributed by atoms with van der Waals surface area (Å²) in [5, 5.41) is 4.75. The minimum absolute atomic E-state index is 0.132. The lowest BCUT2D eigenvalue weighted by Crippen LogP contribution is -2.07. The number of halogens is 1. The van der Waals surface area contributed by atoms with Gasteiger partial charge in [0.15, 0.2) is 0 Å². The Bertz CT molecular complexity index is 1150. The molecular weight excluding hydrogens is 398 g/mol. The van der Waals surface area contributed by atoms with Crippen LogP contribution in [0.1, 0.15) is 0 Å². The summed E-state index contributed by atoms with van der Waals surface area (Å²) in [5.74, 6) is 0.548. The first-order valence-corrected chi connectivity index (χ1v) is 8.66. The van der Waals surface area contributed by atoms with Crippen molar-refractivity contribution in [1.29, 1.82) is 0 Å². The third kappa shape index (κ3) is 3.01. The highest BCUT2D eigenvalue weighted by molar-refractivity contribution is 9.10. The molecule has 0 atom stereocenters. The van der Waals surface area contributed by atoms with Crippen molar-refractivity contribution < 1.29 is 8.94 Å². The fourth-order valence-electron chi connectivity index (χ4n) is 2.60. The van der Waals surface area contributed by atoms with Gasteiger partial charge in [-0.25, -0.2) is 4.79 Å². The number of hydrogen-bond acceptors (Lipinski definition) is 6. The first-order chi connectivity index (χ1) is 12.5. The van der Waals surface area contributed by atoms with E-state index in [-0.39, 0.29) is 11.5 Å². The maximum absolute atomic E-state index is 12.3. The molecule has 6 nitrogen and oxygen atoms in total. The number of benzene rings is 2. The third-order valence-electron chi connectivity index (χ3n) is 3.99. The lowest BCUT2D eigenvalue weighted by atomic mass is 10.2. The van der Waals surface area contributed by atoms with E-state index in [1.165, 1.54) is 0 Å². The molecule has 4 rings (SSSR count). The van der Waals surface area contributed by atoms with Crippen molar-refractivity contribution in [2.75, 3.05) is 19.0 Å². The van der Waals surface area contributed by atoms with Gasteiger partial charge in [0, 0.05) is 35.2 Å². The van der Waals surface area contributed by atoms with Crippen LogP contribution >= 0.6 is 15.9 Å². The van der Waals surface area contributed by atoms with Gasteiger partial charge < -0.3 is 13.8 Å². The fourth-order valence-corrected chi connectivity index (χ4v) is 2.98. The zero-order valence-corrected chi connectivity index (χ0v) is 15.6.